The fourth-order valence-electron chi connectivity index (χ4n) is 2.32. The lowest BCUT2D eigenvalue weighted by molar-refractivity contribution is 0.0950. The van der Waals surface area contributed by atoms with Crippen LogP contribution in [0, 0.1) is 17.1 Å². The van der Waals surface area contributed by atoms with Gasteiger partial charge in [0.05, 0.1) is 11.9 Å². The molecule has 0 aliphatic heterocycles. The van der Waals surface area contributed by atoms with Crippen LogP contribution in [0.2, 0.25) is 0 Å². The van der Waals surface area contributed by atoms with Gasteiger partial charge in [0.1, 0.15) is 23.3 Å². The monoisotopic (exact) mass is 335 g/mol. The van der Waals surface area contributed by atoms with E-state index in [9.17, 15) is 9.18 Å². The highest BCUT2D eigenvalue weighted by atomic mass is 19.1. The van der Waals surface area contributed by atoms with Crippen LogP contribution in [-0.4, -0.2) is 15.7 Å². The third-order valence-electron chi connectivity index (χ3n) is 3.70. The highest BCUT2D eigenvalue weighted by Gasteiger charge is 2.10. The Bertz CT molecular complexity index is 956. The van der Waals surface area contributed by atoms with Gasteiger partial charge in [-0.15, -0.1) is 0 Å². The largest absolute Gasteiger partial charge is 0.382 e. The zero-order valence-electron chi connectivity index (χ0n) is 13.1. The van der Waals surface area contributed by atoms with E-state index in [2.05, 4.69) is 10.4 Å². The number of halogens is 1. The molecule has 0 atom stereocenters. The second-order valence-electron chi connectivity index (χ2n) is 5.29. The fourth-order valence-corrected chi connectivity index (χ4v) is 2.32. The minimum absolute atomic E-state index is 0.102. The number of nitrogen functional groups attached to an aromatic ring is 1. The van der Waals surface area contributed by atoms with E-state index in [1.807, 2.05) is 6.07 Å². The minimum Gasteiger partial charge on any atom is -0.382 e. The van der Waals surface area contributed by atoms with Gasteiger partial charge in [0.2, 0.25) is 0 Å². The fraction of sp³-hybridized carbons (Fsp3) is 0.0556. The van der Waals surface area contributed by atoms with Crippen LogP contribution >= 0.6 is 0 Å². The molecule has 0 aliphatic rings. The van der Waals surface area contributed by atoms with E-state index < -0.39 is 0 Å². The van der Waals surface area contributed by atoms with Gasteiger partial charge in [-0.05, 0) is 30.3 Å². The van der Waals surface area contributed by atoms with Crippen molar-refractivity contribution in [2.45, 2.75) is 6.54 Å². The Balaban J connectivity index is 1.71. The molecule has 0 fully saturated rings. The Kier molecular flexibility index (Phi) is 4.44. The number of carbonyl (C=O) groups excluding carboxylic acids is 1. The molecule has 2 aromatic carbocycles. The van der Waals surface area contributed by atoms with E-state index in [4.69, 9.17) is 11.0 Å². The first-order valence-corrected chi connectivity index (χ1v) is 7.46. The van der Waals surface area contributed by atoms with E-state index in [0.717, 1.165) is 0 Å². The number of hydrogen-bond donors (Lipinski definition) is 2. The predicted octanol–water partition coefficient (Wildman–Crippen LogP) is 2.40. The number of carbonyl (C=O) groups is 1. The normalized spacial score (nSPS) is 10.2. The number of nitrogens with two attached hydrogens (primary N) is 1. The van der Waals surface area contributed by atoms with Gasteiger partial charge in [-0.1, -0.05) is 18.2 Å². The van der Waals surface area contributed by atoms with Crippen LogP contribution < -0.4 is 11.1 Å². The molecule has 1 amide bonds. The number of benzene rings is 2. The van der Waals surface area contributed by atoms with Crippen molar-refractivity contribution < 1.29 is 9.18 Å². The second-order valence-corrected chi connectivity index (χ2v) is 5.29. The molecule has 6 nitrogen and oxygen atoms in total. The van der Waals surface area contributed by atoms with E-state index in [1.165, 1.54) is 16.9 Å². The average Bonchev–Trinajstić information content (AvgIpc) is 3.01. The Morgan fingerprint density at radius 3 is 2.60 bits per heavy atom. The summed E-state index contributed by atoms with van der Waals surface area (Å²) in [6.07, 6.45) is 1.38. The molecule has 7 heteroatoms. The van der Waals surface area contributed by atoms with E-state index in [-0.39, 0.29) is 29.7 Å². The summed E-state index contributed by atoms with van der Waals surface area (Å²) in [6, 6.07) is 14.8. The van der Waals surface area contributed by atoms with Gasteiger partial charge in [0.25, 0.3) is 5.91 Å². The van der Waals surface area contributed by atoms with E-state index in [1.54, 1.807) is 42.5 Å². The molecule has 0 saturated carbocycles. The number of nitriles is 1. The predicted molar refractivity (Wildman–Crippen MR) is 90.3 cm³/mol. The lowest BCUT2D eigenvalue weighted by Crippen LogP contribution is -2.23. The molecule has 3 aromatic rings. The highest BCUT2D eigenvalue weighted by Crippen LogP contribution is 2.17. The standard InChI is InChI=1S/C18H14FN5O/c19-16-4-2-1-3-13(16)10-22-18(25)12-5-7-15(8-6-12)24-17(21)14(9-20)11-23-24/h1-8,11H,10,21H2,(H,22,25). The number of nitrogens with one attached hydrogen (secondary N) is 1. The molecule has 0 bridgehead atoms. The smallest absolute Gasteiger partial charge is 0.251 e. The van der Waals surface area contributed by atoms with Crippen molar-refractivity contribution >= 4 is 11.7 Å². The third kappa shape index (κ3) is 3.33. The Hall–Kier alpha value is -3.66. The quantitative estimate of drug-likeness (QED) is 0.765. The van der Waals surface area contributed by atoms with Crippen molar-refractivity contribution in [1.82, 2.24) is 15.1 Å². The summed E-state index contributed by atoms with van der Waals surface area (Å²) in [6.45, 7) is 0.102. The molecular formula is C18H14FN5O. The summed E-state index contributed by atoms with van der Waals surface area (Å²) >= 11 is 0. The Morgan fingerprint density at radius 2 is 1.96 bits per heavy atom. The van der Waals surface area contributed by atoms with Crippen molar-refractivity contribution in [2.24, 2.45) is 0 Å². The number of nitrogens with zero attached hydrogens (tertiary/aromatic N) is 3. The van der Waals surface area contributed by atoms with Crippen molar-refractivity contribution in [3.8, 4) is 11.8 Å². The molecule has 1 heterocycles. The average molecular weight is 335 g/mol. The molecule has 3 rings (SSSR count). The molecule has 1 aromatic heterocycles. The van der Waals surface area contributed by atoms with E-state index in [0.29, 0.717) is 16.8 Å². The summed E-state index contributed by atoms with van der Waals surface area (Å²) < 4.78 is 15.0. The topological polar surface area (TPSA) is 96.7 Å². The van der Waals surface area contributed by atoms with Gasteiger partial charge in [0.15, 0.2) is 0 Å². The van der Waals surface area contributed by atoms with Crippen molar-refractivity contribution in [3.63, 3.8) is 0 Å². The molecule has 0 saturated heterocycles. The lowest BCUT2D eigenvalue weighted by Gasteiger charge is -2.08. The maximum absolute atomic E-state index is 13.6. The van der Waals surface area contributed by atoms with Gasteiger partial charge in [-0.25, -0.2) is 9.07 Å². The van der Waals surface area contributed by atoms with Gasteiger partial charge in [-0.3, -0.25) is 4.79 Å². The number of amides is 1. The minimum atomic E-state index is -0.361. The number of aromatic nitrogens is 2. The van der Waals surface area contributed by atoms with Gasteiger partial charge in [-0.2, -0.15) is 10.4 Å². The summed E-state index contributed by atoms with van der Waals surface area (Å²) in [7, 11) is 0. The zero-order valence-corrected chi connectivity index (χ0v) is 13.1. The Labute approximate surface area is 143 Å². The zero-order chi connectivity index (χ0) is 17.8. The molecule has 0 unspecified atom stereocenters. The molecule has 0 aliphatic carbocycles. The maximum Gasteiger partial charge on any atom is 0.251 e. The van der Waals surface area contributed by atoms with Crippen LogP contribution in [0.1, 0.15) is 21.5 Å². The molecule has 0 radical (unpaired) electrons. The lowest BCUT2D eigenvalue weighted by atomic mass is 10.1. The number of hydrogen-bond acceptors (Lipinski definition) is 4. The summed E-state index contributed by atoms with van der Waals surface area (Å²) in [5.74, 6) is -0.444. The van der Waals surface area contributed by atoms with Crippen LogP contribution in [-0.2, 0) is 6.54 Å². The molecule has 3 N–H and O–H groups in total. The van der Waals surface area contributed by atoms with Crippen molar-refractivity contribution in [1.29, 1.82) is 5.26 Å². The van der Waals surface area contributed by atoms with Crippen LogP contribution in [0.15, 0.2) is 54.7 Å². The molecule has 25 heavy (non-hydrogen) atoms. The first kappa shape index (κ1) is 16.2. The number of rotatable bonds is 4. The highest BCUT2D eigenvalue weighted by molar-refractivity contribution is 5.94. The van der Waals surface area contributed by atoms with E-state index >= 15 is 0 Å². The molecule has 0 spiro atoms. The van der Waals surface area contributed by atoms with Crippen LogP contribution in [0.3, 0.4) is 0 Å². The second kappa shape index (κ2) is 6.84. The van der Waals surface area contributed by atoms with Crippen LogP contribution in [0.25, 0.3) is 5.69 Å². The number of anilines is 1. The van der Waals surface area contributed by atoms with Crippen LogP contribution in [0.5, 0.6) is 0 Å². The summed E-state index contributed by atoms with van der Waals surface area (Å²) in [5, 5.41) is 15.6. The van der Waals surface area contributed by atoms with Crippen molar-refractivity contribution in [2.75, 3.05) is 5.73 Å². The molecule has 124 valence electrons. The first-order chi connectivity index (χ1) is 12.1. The van der Waals surface area contributed by atoms with Gasteiger partial charge < -0.3 is 11.1 Å². The third-order valence-corrected chi connectivity index (χ3v) is 3.70. The SMILES string of the molecule is N#Cc1cnn(-c2ccc(C(=O)NCc3ccccc3F)cc2)c1N. The Morgan fingerprint density at radius 1 is 1.24 bits per heavy atom. The van der Waals surface area contributed by atoms with Crippen molar-refractivity contribution in [3.05, 3.63) is 77.2 Å². The van der Waals surface area contributed by atoms with Crippen LogP contribution in [0.4, 0.5) is 10.2 Å². The van der Waals surface area contributed by atoms with Gasteiger partial charge in [0, 0.05) is 17.7 Å². The molecular weight excluding hydrogens is 321 g/mol. The summed E-state index contributed by atoms with van der Waals surface area (Å²) in [5.41, 5.74) is 7.59. The van der Waals surface area contributed by atoms with Gasteiger partial charge >= 0.3 is 0 Å². The maximum atomic E-state index is 13.6. The summed E-state index contributed by atoms with van der Waals surface area (Å²) in [4.78, 5) is 12.2. The first-order valence-electron chi connectivity index (χ1n) is 7.46.